The van der Waals surface area contributed by atoms with Gasteiger partial charge in [0.15, 0.2) is 0 Å². The van der Waals surface area contributed by atoms with Gasteiger partial charge in [-0.15, -0.1) is 0 Å². The Balaban J connectivity index is 3.56. The molecule has 0 saturated heterocycles. The van der Waals surface area contributed by atoms with Crippen LogP contribution in [-0.2, 0) is 0 Å². The molecule has 1 heteroatoms. The quantitative estimate of drug-likeness (QED) is 0.476. The van der Waals surface area contributed by atoms with Crippen LogP contribution in [0.5, 0.6) is 0 Å². The van der Waals surface area contributed by atoms with Gasteiger partial charge in [-0.25, -0.2) is 0 Å². The molecule has 0 aromatic carbocycles. The number of unbranched alkanes of at least 4 members (excludes halogenated alkanes) is 1. The predicted molar refractivity (Wildman–Crippen MR) is 74.3 cm³/mol. The van der Waals surface area contributed by atoms with Crippen molar-refractivity contribution in [2.45, 2.75) is 33.6 Å². The molecule has 0 atom stereocenters. The molecule has 0 aliphatic rings. The van der Waals surface area contributed by atoms with E-state index >= 15 is 0 Å². The van der Waals surface area contributed by atoms with E-state index in [0.717, 1.165) is 25.1 Å². The number of hydrogen-bond donors (Lipinski definition) is 1. The Morgan fingerprint density at radius 3 is 2.50 bits per heavy atom. The largest absolute Gasteiger partial charge is 0.385 e. The average molecular weight is 219 g/mol. The van der Waals surface area contributed by atoms with Crippen LogP contribution in [0, 0.1) is 5.92 Å². The Kier molecular flexibility index (Phi) is 9.49. The van der Waals surface area contributed by atoms with Crippen LogP contribution in [0.2, 0.25) is 0 Å². The van der Waals surface area contributed by atoms with E-state index in [9.17, 15) is 0 Å². The number of hydrogen-bond acceptors (Lipinski definition) is 1. The van der Waals surface area contributed by atoms with Gasteiger partial charge in [0.05, 0.1) is 0 Å². The maximum absolute atomic E-state index is 3.95. The summed E-state index contributed by atoms with van der Waals surface area (Å²) in [7, 11) is 0. The lowest BCUT2D eigenvalue weighted by molar-refractivity contribution is 0.602. The van der Waals surface area contributed by atoms with Crippen molar-refractivity contribution in [2.24, 2.45) is 5.92 Å². The van der Waals surface area contributed by atoms with E-state index in [1.807, 2.05) is 19.1 Å². The number of rotatable bonds is 8. The summed E-state index contributed by atoms with van der Waals surface area (Å²) in [5.74, 6) is 0.661. The molecule has 0 spiro atoms. The summed E-state index contributed by atoms with van der Waals surface area (Å²) < 4.78 is 0. The molecule has 90 valence electrons. The SMILES string of the molecule is C=C(/C=C/CC/C=C\C=C\C)NCC(C)C. The van der Waals surface area contributed by atoms with E-state index in [1.54, 1.807) is 0 Å². The minimum Gasteiger partial charge on any atom is -0.385 e. The van der Waals surface area contributed by atoms with E-state index in [-0.39, 0.29) is 0 Å². The summed E-state index contributed by atoms with van der Waals surface area (Å²) in [4.78, 5) is 0. The fourth-order valence-electron chi connectivity index (χ4n) is 1.10. The maximum atomic E-state index is 3.95. The summed E-state index contributed by atoms with van der Waals surface area (Å²) >= 11 is 0. The summed E-state index contributed by atoms with van der Waals surface area (Å²) in [6.07, 6.45) is 14.7. The smallest absolute Gasteiger partial charge is 0.0263 e. The summed E-state index contributed by atoms with van der Waals surface area (Å²) in [5.41, 5.74) is 1.01. The van der Waals surface area contributed by atoms with Gasteiger partial charge in [0.25, 0.3) is 0 Å². The fraction of sp³-hybridized carbons (Fsp3) is 0.467. The van der Waals surface area contributed by atoms with Crippen molar-refractivity contribution in [1.29, 1.82) is 0 Å². The molecule has 0 bridgehead atoms. The molecule has 0 amide bonds. The van der Waals surface area contributed by atoms with Crippen LogP contribution in [0.3, 0.4) is 0 Å². The molecule has 0 fully saturated rings. The minimum absolute atomic E-state index is 0.661. The van der Waals surface area contributed by atoms with Gasteiger partial charge in [-0.1, -0.05) is 50.8 Å². The van der Waals surface area contributed by atoms with Crippen LogP contribution in [0.1, 0.15) is 33.6 Å². The van der Waals surface area contributed by atoms with Crippen LogP contribution < -0.4 is 5.32 Å². The Bertz CT molecular complexity index is 257. The molecule has 0 unspecified atom stereocenters. The number of nitrogens with one attached hydrogen (secondary N) is 1. The van der Waals surface area contributed by atoms with Gasteiger partial charge in [-0.05, 0) is 31.8 Å². The molecular weight excluding hydrogens is 194 g/mol. The minimum atomic E-state index is 0.661. The molecule has 0 rings (SSSR count). The van der Waals surface area contributed by atoms with E-state index in [4.69, 9.17) is 0 Å². The van der Waals surface area contributed by atoms with Crippen molar-refractivity contribution in [3.63, 3.8) is 0 Å². The standard InChI is InChI=1S/C15H25N/c1-5-6-7-8-9-10-11-12-15(4)16-13-14(2)3/h5-8,11-12,14,16H,4,9-10,13H2,1-3H3/b6-5+,8-7-,12-11+. The van der Waals surface area contributed by atoms with Crippen molar-refractivity contribution in [1.82, 2.24) is 5.32 Å². The summed E-state index contributed by atoms with van der Waals surface area (Å²) in [6.45, 7) is 11.3. The van der Waals surface area contributed by atoms with E-state index in [0.29, 0.717) is 5.92 Å². The van der Waals surface area contributed by atoms with Crippen molar-refractivity contribution in [2.75, 3.05) is 6.54 Å². The monoisotopic (exact) mass is 219 g/mol. The molecule has 0 aromatic rings. The molecule has 0 aliphatic heterocycles. The molecule has 1 N–H and O–H groups in total. The van der Waals surface area contributed by atoms with Crippen LogP contribution in [0.25, 0.3) is 0 Å². The molecule has 0 aromatic heterocycles. The normalized spacial score (nSPS) is 12.2. The van der Waals surface area contributed by atoms with Gasteiger partial charge in [-0.2, -0.15) is 0 Å². The van der Waals surface area contributed by atoms with Gasteiger partial charge >= 0.3 is 0 Å². The van der Waals surface area contributed by atoms with Crippen molar-refractivity contribution in [3.05, 3.63) is 48.7 Å². The first-order chi connectivity index (χ1) is 7.66. The van der Waals surface area contributed by atoms with Gasteiger partial charge in [-0.3, -0.25) is 0 Å². The van der Waals surface area contributed by atoms with Gasteiger partial charge in [0.1, 0.15) is 0 Å². The van der Waals surface area contributed by atoms with Crippen LogP contribution in [0.4, 0.5) is 0 Å². The zero-order chi connectivity index (χ0) is 12.2. The molecule has 16 heavy (non-hydrogen) atoms. The first-order valence-electron chi connectivity index (χ1n) is 6.04. The topological polar surface area (TPSA) is 12.0 Å². The Morgan fingerprint density at radius 2 is 1.88 bits per heavy atom. The zero-order valence-corrected chi connectivity index (χ0v) is 10.9. The lowest BCUT2D eigenvalue weighted by Gasteiger charge is -2.07. The second-order valence-electron chi connectivity index (χ2n) is 4.23. The van der Waals surface area contributed by atoms with Gasteiger partial charge in [0, 0.05) is 12.2 Å². The highest BCUT2D eigenvalue weighted by Crippen LogP contribution is 1.97. The Hall–Kier alpha value is -1.24. The van der Waals surface area contributed by atoms with E-state index in [2.05, 4.69) is 50.0 Å². The Labute approximate surface area is 101 Å². The third-order valence-corrected chi connectivity index (χ3v) is 2.00. The first-order valence-corrected chi connectivity index (χ1v) is 6.04. The van der Waals surface area contributed by atoms with Crippen molar-refractivity contribution in [3.8, 4) is 0 Å². The molecule has 1 nitrogen and oxygen atoms in total. The molecule has 0 saturated carbocycles. The van der Waals surface area contributed by atoms with Crippen LogP contribution >= 0.6 is 0 Å². The predicted octanol–water partition coefficient (Wildman–Crippen LogP) is 4.21. The van der Waals surface area contributed by atoms with Gasteiger partial charge < -0.3 is 5.32 Å². The first kappa shape index (κ1) is 14.8. The van der Waals surface area contributed by atoms with Crippen LogP contribution in [0.15, 0.2) is 48.7 Å². The molecular formula is C15H25N. The highest BCUT2D eigenvalue weighted by molar-refractivity contribution is 5.12. The van der Waals surface area contributed by atoms with Crippen molar-refractivity contribution < 1.29 is 0 Å². The second kappa shape index (κ2) is 10.3. The zero-order valence-electron chi connectivity index (χ0n) is 10.9. The summed E-state index contributed by atoms with van der Waals surface area (Å²) in [6, 6.07) is 0. The third-order valence-electron chi connectivity index (χ3n) is 2.00. The van der Waals surface area contributed by atoms with E-state index in [1.165, 1.54) is 0 Å². The van der Waals surface area contributed by atoms with Crippen LogP contribution in [-0.4, -0.2) is 6.54 Å². The highest BCUT2D eigenvalue weighted by atomic mass is 14.9. The molecule has 0 heterocycles. The fourth-order valence-corrected chi connectivity index (χ4v) is 1.10. The Morgan fingerprint density at radius 1 is 1.19 bits per heavy atom. The maximum Gasteiger partial charge on any atom is 0.0263 e. The molecule has 0 aliphatic carbocycles. The summed E-state index contributed by atoms with van der Waals surface area (Å²) in [5, 5.41) is 3.28. The average Bonchev–Trinajstić information content (AvgIpc) is 2.25. The van der Waals surface area contributed by atoms with Gasteiger partial charge in [0.2, 0.25) is 0 Å². The lowest BCUT2D eigenvalue weighted by Crippen LogP contribution is -2.17. The highest BCUT2D eigenvalue weighted by Gasteiger charge is 1.91. The molecule has 0 radical (unpaired) electrons. The second-order valence-corrected chi connectivity index (χ2v) is 4.23. The third kappa shape index (κ3) is 10.8. The van der Waals surface area contributed by atoms with E-state index < -0.39 is 0 Å². The van der Waals surface area contributed by atoms with Crippen molar-refractivity contribution >= 4 is 0 Å². The number of allylic oxidation sites excluding steroid dienone is 6. The lowest BCUT2D eigenvalue weighted by atomic mass is 10.2.